The van der Waals surface area contributed by atoms with Gasteiger partial charge in [0.2, 0.25) is 0 Å². The van der Waals surface area contributed by atoms with Gasteiger partial charge in [-0.2, -0.15) is 66.1 Å². The van der Waals surface area contributed by atoms with Gasteiger partial charge < -0.3 is 143 Å². The summed E-state index contributed by atoms with van der Waals surface area (Å²) >= 11 is 0. The molecular formula is C105H111K7N21-7. The van der Waals surface area contributed by atoms with Gasteiger partial charge in [-0.1, -0.05) is 142 Å². The SMILES string of the molecule is C.C.C.C.C.C.Cn1ccnc1.Cn1cnc2ccccc21.[CH-]=CC=[CH-].[CH-]=CC=[CH-].[CH-]=CN=[CH-].[CH-]=Cc1[c-]cccc1.[CH-]=Cc1[c-]cccc1.[CH-]=NN=[CH-].[CH-]=Nc1[c-]cccc1.[K+].[K+].[K+].[K+].[K+].[K+].[K+].c1ccc2cnccc2c1.c1ccc2ncccc2c1.c1ccc2nccnc2c1.c1ccc2ncncc2c1.c1ccncc1.c1ccnnc1.c1cnccn1.c1cncnc1. The molecule has 0 atom stereocenters. The van der Waals surface area contributed by atoms with E-state index in [1.165, 1.54) is 64.5 Å². The van der Waals surface area contributed by atoms with Crippen LogP contribution in [0.2, 0.25) is 0 Å². The van der Waals surface area contributed by atoms with E-state index in [2.05, 4.69) is 170 Å². The molecule has 18 rings (SSSR count). The summed E-state index contributed by atoms with van der Waals surface area (Å²) in [5, 5.41) is 17.1. The molecule has 0 amide bonds. The van der Waals surface area contributed by atoms with E-state index in [1.54, 1.807) is 111 Å². The Morgan fingerprint density at radius 2 is 0.699 bits per heavy atom. The maximum Gasteiger partial charge on any atom is 1.00 e. The number of fused-ring (bicyclic) bond motifs is 5. The van der Waals surface area contributed by atoms with Gasteiger partial charge in [-0.15, -0.1) is 12.1 Å². The molecule has 650 valence electrons. The van der Waals surface area contributed by atoms with Crippen LogP contribution in [0.3, 0.4) is 0 Å². The molecule has 18 aromatic rings. The third kappa shape index (κ3) is 85.6. The second-order valence-corrected chi connectivity index (χ2v) is 21.5. The van der Waals surface area contributed by atoms with E-state index >= 15 is 0 Å². The van der Waals surface area contributed by atoms with E-state index < -0.39 is 0 Å². The number of allylic oxidation sites excluding steroid dienone is 4. The summed E-state index contributed by atoms with van der Waals surface area (Å²) in [5.41, 5.74) is 8.76. The molecule has 0 aliphatic rings. The van der Waals surface area contributed by atoms with Crippen molar-refractivity contribution in [3.8, 4) is 0 Å². The van der Waals surface area contributed by atoms with Gasteiger partial charge in [0.15, 0.2) is 0 Å². The summed E-state index contributed by atoms with van der Waals surface area (Å²) in [6, 6.07) is 88.4. The molecule has 0 aliphatic heterocycles. The molecule has 0 saturated carbocycles. The Labute approximate surface area is 1090 Å². The standard InChI is InChI=1S/2C9H7N.C8H8N2.2C8H6N2.2C8H6.C7H5N.C5H5N.C4H6N2.3C4H4N2.2C4H4.C3H3N.C2H2N2.6CH4.7K/c1-2-6-9-8(4-1)5-3-7-10-9;1-2-4-9-7-10-6-5-8(9)3-1;1-10-6-9-7-4-2-3-5-8(7)10;1-2-4-8-7(3-1)5-9-6-10-8;1-2-4-8-7(3-1)9-5-6-10-8;2*1-2-8-6-4-3-5-7-8;1-8-7-5-3-2-4-6-7;1-2-4-6-5-3-1;1-6-3-2-5-4-6;1-2-6-4-3-5-1;1-2-5-4-6-3-1;1-2-4-6-5-3-1;4*1-3-4-2;;;;;;;;;;;;;/h2*1-7H;2-6H,1H3;2*1-6H;2*1-6H;1-5H;1-5H;2-4H,1H3;3*1-4H;2*1-4H;1-3H;1-2H;6*1H4;;;;;;;/q;;;;;3*-2;;;;;;4*-2;;;;;;;7*+1. The van der Waals surface area contributed by atoms with Crippen molar-refractivity contribution in [3.05, 3.63) is 491 Å². The van der Waals surface area contributed by atoms with Crippen LogP contribution in [0.1, 0.15) is 55.7 Å². The first-order valence-corrected chi connectivity index (χ1v) is 35.5. The van der Waals surface area contributed by atoms with Gasteiger partial charge in [0.05, 0.1) is 45.8 Å². The van der Waals surface area contributed by atoms with Gasteiger partial charge >= 0.3 is 360 Å². The Hall–Kier alpha value is -5.36. The summed E-state index contributed by atoms with van der Waals surface area (Å²) in [6.07, 6.45) is 46.9. The van der Waals surface area contributed by atoms with Crippen molar-refractivity contribution in [3.63, 3.8) is 0 Å². The molecule has 133 heavy (non-hydrogen) atoms. The number of nitrogens with zero attached hydrogens (tertiary/aromatic N) is 21. The Morgan fingerprint density at radius 3 is 1.02 bits per heavy atom. The molecule has 0 spiro atoms. The van der Waals surface area contributed by atoms with E-state index in [-0.39, 0.29) is 404 Å². The predicted molar refractivity (Wildman–Crippen MR) is 529 cm³/mol. The predicted octanol–water partition coefficient (Wildman–Crippen LogP) is 3.14. The largest absolute Gasteiger partial charge is 1.00 e. The number of rotatable bonds is 7. The van der Waals surface area contributed by atoms with E-state index in [0.717, 1.165) is 50.3 Å². The molecular weight excluding hydrogens is 1830 g/mol. The average molecular weight is 1940 g/mol. The summed E-state index contributed by atoms with van der Waals surface area (Å²) in [7, 11) is 3.93. The van der Waals surface area contributed by atoms with Gasteiger partial charge in [0.25, 0.3) is 0 Å². The van der Waals surface area contributed by atoms with Crippen LogP contribution in [0, 0.1) is 64.3 Å². The number of benzene rings is 8. The van der Waals surface area contributed by atoms with Crippen molar-refractivity contribution < 1.29 is 360 Å². The van der Waals surface area contributed by atoms with Crippen LogP contribution >= 0.6 is 0 Å². The van der Waals surface area contributed by atoms with E-state index in [1.807, 2.05) is 261 Å². The number of aliphatic imine (C=N–C) groups is 2. The average Bonchev–Trinajstić information content (AvgIpc) is 1.74. The molecule has 0 radical (unpaired) electrons. The van der Waals surface area contributed by atoms with Crippen LogP contribution < -0.4 is 360 Å². The number of pyridine rings is 3. The van der Waals surface area contributed by atoms with E-state index in [0.29, 0.717) is 5.69 Å². The minimum absolute atomic E-state index is 0. The summed E-state index contributed by atoms with van der Waals surface area (Å²) in [4.78, 5) is 57.2. The van der Waals surface area contributed by atoms with Crippen molar-refractivity contribution in [1.29, 1.82) is 0 Å². The van der Waals surface area contributed by atoms with Crippen LogP contribution in [0.4, 0.5) is 5.69 Å². The Bertz CT molecular complexity index is 4630. The first kappa shape index (κ1) is 153. The zero-order valence-corrected chi connectivity index (χ0v) is 95.0. The number of aromatic nitrogens is 17. The fraction of sp³-hybridized carbons (Fsp3) is 0.0762. The van der Waals surface area contributed by atoms with Crippen LogP contribution in [0.5, 0.6) is 0 Å². The van der Waals surface area contributed by atoms with Crippen LogP contribution in [-0.2, 0) is 14.1 Å². The minimum Gasteiger partial charge on any atom is -0.601 e. The quantitative estimate of drug-likeness (QED) is 0.0731. The molecule has 8 aromatic carbocycles. The zero-order chi connectivity index (χ0) is 86.7. The summed E-state index contributed by atoms with van der Waals surface area (Å²) in [6.45, 7) is 52.0. The Morgan fingerprint density at radius 1 is 0.293 bits per heavy atom. The number of aryl methyl sites for hydroxylation is 2. The van der Waals surface area contributed by atoms with Crippen LogP contribution in [0.25, 0.3) is 66.8 Å². The first-order chi connectivity index (χ1) is 59.1. The fourth-order valence-electron chi connectivity index (χ4n) is 7.84. The number of imidazole rings is 2. The first-order valence-electron chi connectivity index (χ1n) is 35.5. The van der Waals surface area contributed by atoms with E-state index in [9.17, 15) is 0 Å². The second kappa shape index (κ2) is 115. The Balaban J connectivity index is -0.000000117. The molecule has 0 fully saturated rings. The van der Waals surface area contributed by atoms with Gasteiger partial charge in [0.1, 0.15) is 12.7 Å². The maximum atomic E-state index is 5.19. The maximum absolute atomic E-state index is 5.19. The number of hydrogen-bond acceptors (Lipinski definition) is 19. The van der Waals surface area contributed by atoms with Crippen LogP contribution in [0.15, 0.2) is 436 Å². The minimum atomic E-state index is 0. The Kier molecular flexibility index (Phi) is 133. The molecule has 0 bridgehead atoms. The van der Waals surface area contributed by atoms with Crippen molar-refractivity contribution in [2.24, 2.45) is 34.3 Å². The normalized spacial score (nSPS) is 7.77. The molecule has 10 heterocycles. The smallest absolute Gasteiger partial charge is 0.601 e. The molecule has 0 saturated heterocycles. The molecule has 0 N–H and O–H groups in total. The van der Waals surface area contributed by atoms with Gasteiger partial charge in [-0.05, 0) is 89.6 Å². The monoisotopic (exact) mass is 1940 g/mol. The summed E-state index contributed by atoms with van der Waals surface area (Å²) < 4.78 is 3.90. The van der Waals surface area contributed by atoms with Gasteiger partial charge in [-0.25, -0.2) is 65.9 Å². The molecule has 21 nitrogen and oxygen atoms in total. The topological polar surface area (TPSA) is 253 Å². The van der Waals surface area contributed by atoms with Crippen molar-refractivity contribution >= 4 is 99.4 Å². The molecule has 10 aromatic heterocycles. The number of hydrogen-bond donors (Lipinski definition) is 0. The van der Waals surface area contributed by atoms with Gasteiger partial charge in [0, 0.05) is 136 Å². The third-order valence-corrected chi connectivity index (χ3v) is 13.2. The summed E-state index contributed by atoms with van der Waals surface area (Å²) in [5.74, 6) is 0. The molecule has 0 unspecified atom stereocenters. The molecule has 0 aliphatic carbocycles. The van der Waals surface area contributed by atoms with Crippen molar-refractivity contribution in [2.45, 2.75) is 44.6 Å². The van der Waals surface area contributed by atoms with Crippen molar-refractivity contribution in [1.82, 2.24) is 84.1 Å². The van der Waals surface area contributed by atoms with Crippen molar-refractivity contribution in [2.75, 3.05) is 0 Å². The van der Waals surface area contributed by atoms with Crippen LogP contribution in [-0.4, -0.2) is 111 Å². The van der Waals surface area contributed by atoms with E-state index in [4.69, 9.17) is 46.2 Å². The molecule has 28 heteroatoms. The number of para-hydroxylation sites is 7. The third-order valence-electron chi connectivity index (χ3n) is 13.2. The van der Waals surface area contributed by atoms with Gasteiger partial charge in [-0.3, -0.25) is 41.0 Å². The fourth-order valence-corrected chi connectivity index (χ4v) is 7.84. The second-order valence-electron chi connectivity index (χ2n) is 21.5. The zero-order valence-electron chi connectivity index (χ0n) is 73.2.